The van der Waals surface area contributed by atoms with E-state index in [1.807, 2.05) is 0 Å². The quantitative estimate of drug-likeness (QED) is 0.425. The molecule has 1 unspecified atom stereocenters. The van der Waals surface area contributed by atoms with Crippen LogP contribution in [0.1, 0.15) is 21.5 Å². The number of rotatable bonds is 5. The Bertz CT molecular complexity index is 905. The highest BCUT2D eigenvalue weighted by Crippen LogP contribution is 2.25. The minimum Gasteiger partial charge on any atom is -0.504 e. The van der Waals surface area contributed by atoms with Crippen LogP contribution in [0.15, 0.2) is 48.5 Å². The first kappa shape index (κ1) is 17.8. The topological polar surface area (TPSA) is 104 Å². The first-order valence-electron chi connectivity index (χ1n) is 7.77. The van der Waals surface area contributed by atoms with Crippen molar-refractivity contribution in [2.24, 2.45) is 0 Å². The predicted octanol–water partition coefficient (Wildman–Crippen LogP) is 2.89. The molecule has 2 amide bonds. The van der Waals surface area contributed by atoms with Gasteiger partial charge in [-0.1, -0.05) is 48.2 Å². The van der Waals surface area contributed by atoms with Gasteiger partial charge in [0.1, 0.15) is 0 Å². The molecule has 0 aromatic heterocycles. The van der Waals surface area contributed by atoms with E-state index in [1.54, 1.807) is 36.4 Å². The maximum atomic E-state index is 12.2. The SMILES string of the molecule is O=C1NC(=O)C(Cc2ccc(C(=O)C=Cc3ccc(O)c(O)c3)cc2)S1. The third kappa shape index (κ3) is 4.12. The smallest absolute Gasteiger partial charge is 0.286 e. The molecular formula is C19H15NO5S. The van der Waals surface area contributed by atoms with Crippen molar-refractivity contribution in [2.45, 2.75) is 11.7 Å². The van der Waals surface area contributed by atoms with Gasteiger partial charge < -0.3 is 10.2 Å². The number of ketones is 1. The molecule has 2 aromatic rings. The fourth-order valence-corrected chi connectivity index (χ4v) is 3.32. The number of carbonyl (C=O) groups excluding carboxylic acids is 3. The van der Waals surface area contributed by atoms with Crippen LogP contribution in [0.4, 0.5) is 4.79 Å². The van der Waals surface area contributed by atoms with Gasteiger partial charge in [-0.25, -0.2) is 0 Å². The molecule has 7 heteroatoms. The molecule has 0 aliphatic carbocycles. The zero-order valence-corrected chi connectivity index (χ0v) is 14.3. The van der Waals surface area contributed by atoms with Crippen LogP contribution in [-0.4, -0.2) is 32.4 Å². The molecule has 0 saturated carbocycles. The summed E-state index contributed by atoms with van der Waals surface area (Å²) in [5.41, 5.74) is 1.92. The molecule has 1 heterocycles. The average Bonchev–Trinajstić information content (AvgIpc) is 2.93. The van der Waals surface area contributed by atoms with Gasteiger partial charge in [-0.15, -0.1) is 0 Å². The summed E-state index contributed by atoms with van der Waals surface area (Å²) < 4.78 is 0. The molecule has 1 aliphatic heterocycles. The average molecular weight is 369 g/mol. The number of nitrogens with one attached hydrogen (secondary N) is 1. The number of imide groups is 1. The van der Waals surface area contributed by atoms with E-state index >= 15 is 0 Å². The lowest BCUT2D eigenvalue weighted by molar-refractivity contribution is -0.118. The Labute approximate surface area is 153 Å². The molecule has 132 valence electrons. The van der Waals surface area contributed by atoms with Crippen molar-refractivity contribution in [2.75, 3.05) is 0 Å². The lowest BCUT2D eigenvalue weighted by Crippen LogP contribution is -2.25. The van der Waals surface area contributed by atoms with E-state index < -0.39 is 5.25 Å². The fraction of sp³-hybridized carbons (Fsp3) is 0.105. The summed E-state index contributed by atoms with van der Waals surface area (Å²) in [5.74, 6) is -0.983. The van der Waals surface area contributed by atoms with Gasteiger partial charge in [-0.2, -0.15) is 0 Å². The van der Waals surface area contributed by atoms with Crippen molar-refractivity contribution >= 4 is 34.8 Å². The summed E-state index contributed by atoms with van der Waals surface area (Å²) in [7, 11) is 0. The number of carbonyl (C=O) groups is 3. The Hall–Kier alpha value is -3.06. The van der Waals surface area contributed by atoms with Crippen molar-refractivity contribution in [1.29, 1.82) is 0 Å². The number of amides is 2. The molecule has 3 N–H and O–H groups in total. The molecule has 0 spiro atoms. The summed E-state index contributed by atoms with van der Waals surface area (Å²) in [6.07, 6.45) is 3.33. The van der Waals surface area contributed by atoms with Gasteiger partial charge in [0.2, 0.25) is 5.91 Å². The van der Waals surface area contributed by atoms with Gasteiger partial charge in [0.25, 0.3) is 5.24 Å². The van der Waals surface area contributed by atoms with E-state index in [2.05, 4.69) is 5.32 Å². The lowest BCUT2D eigenvalue weighted by Gasteiger charge is -2.05. The van der Waals surface area contributed by atoms with Gasteiger partial charge >= 0.3 is 0 Å². The molecule has 2 aromatic carbocycles. The van der Waals surface area contributed by atoms with Crippen LogP contribution in [0.3, 0.4) is 0 Å². The monoisotopic (exact) mass is 369 g/mol. The largest absolute Gasteiger partial charge is 0.504 e. The standard InChI is InChI=1S/C19H15NO5S/c21-14(7-3-11-4-8-15(22)16(23)9-11)13-5-1-12(2-6-13)10-17-18(24)20-19(25)26-17/h1-9,17,22-23H,10H2,(H,20,24,25). The van der Waals surface area contributed by atoms with Crippen LogP contribution >= 0.6 is 11.8 Å². The number of phenolic OH excluding ortho intramolecular Hbond substituents is 2. The van der Waals surface area contributed by atoms with E-state index in [0.29, 0.717) is 17.5 Å². The zero-order valence-electron chi connectivity index (χ0n) is 13.5. The Kier molecular flexibility index (Phi) is 5.09. The number of thioether (sulfide) groups is 1. The van der Waals surface area contributed by atoms with E-state index in [1.165, 1.54) is 18.2 Å². The highest BCUT2D eigenvalue weighted by molar-refractivity contribution is 8.15. The molecular weight excluding hydrogens is 354 g/mol. The Morgan fingerprint density at radius 2 is 1.81 bits per heavy atom. The van der Waals surface area contributed by atoms with Crippen molar-refractivity contribution in [3.05, 3.63) is 65.2 Å². The second-order valence-electron chi connectivity index (χ2n) is 5.73. The van der Waals surface area contributed by atoms with Crippen LogP contribution in [0.5, 0.6) is 11.5 Å². The lowest BCUT2D eigenvalue weighted by atomic mass is 10.0. The minimum absolute atomic E-state index is 0.215. The predicted molar refractivity (Wildman–Crippen MR) is 98.2 cm³/mol. The number of allylic oxidation sites excluding steroid dienone is 1. The van der Waals surface area contributed by atoms with Gasteiger partial charge in [0.05, 0.1) is 5.25 Å². The second kappa shape index (κ2) is 7.45. The van der Waals surface area contributed by atoms with Crippen molar-refractivity contribution in [1.82, 2.24) is 5.32 Å². The van der Waals surface area contributed by atoms with Gasteiger partial charge in [-0.05, 0) is 35.8 Å². The Morgan fingerprint density at radius 1 is 1.08 bits per heavy atom. The minimum atomic E-state index is -0.439. The van der Waals surface area contributed by atoms with Crippen LogP contribution < -0.4 is 5.32 Å². The normalized spacial score (nSPS) is 16.8. The second-order valence-corrected chi connectivity index (χ2v) is 6.91. The first-order valence-corrected chi connectivity index (χ1v) is 8.65. The highest BCUT2D eigenvalue weighted by Gasteiger charge is 2.31. The molecule has 1 atom stereocenters. The van der Waals surface area contributed by atoms with E-state index in [9.17, 15) is 24.6 Å². The number of benzene rings is 2. The number of hydrogen-bond acceptors (Lipinski definition) is 6. The molecule has 1 aliphatic rings. The van der Waals surface area contributed by atoms with E-state index in [0.717, 1.165) is 17.3 Å². The van der Waals surface area contributed by atoms with Crippen molar-refractivity contribution in [3.63, 3.8) is 0 Å². The Balaban J connectivity index is 1.65. The molecule has 26 heavy (non-hydrogen) atoms. The summed E-state index contributed by atoms with van der Waals surface area (Å²) in [4.78, 5) is 35.0. The maximum absolute atomic E-state index is 12.2. The molecule has 1 saturated heterocycles. The molecule has 0 radical (unpaired) electrons. The van der Waals surface area contributed by atoms with Gasteiger partial charge in [0, 0.05) is 5.56 Å². The Morgan fingerprint density at radius 3 is 2.42 bits per heavy atom. The molecule has 6 nitrogen and oxygen atoms in total. The van der Waals surface area contributed by atoms with Crippen LogP contribution in [0, 0.1) is 0 Å². The number of phenols is 2. The van der Waals surface area contributed by atoms with Crippen LogP contribution in [-0.2, 0) is 11.2 Å². The summed E-state index contributed by atoms with van der Waals surface area (Å²) in [5, 5.41) is 20.2. The van der Waals surface area contributed by atoms with Crippen LogP contribution in [0.2, 0.25) is 0 Å². The molecule has 3 rings (SSSR count). The van der Waals surface area contributed by atoms with E-state index in [4.69, 9.17) is 0 Å². The summed E-state index contributed by atoms with van der Waals surface area (Å²) >= 11 is 0.971. The van der Waals surface area contributed by atoms with E-state index in [-0.39, 0.29) is 28.4 Å². The van der Waals surface area contributed by atoms with Gasteiger partial charge in [-0.3, -0.25) is 19.7 Å². The van der Waals surface area contributed by atoms with Crippen molar-refractivity contribution in [3.8, 4) is 11.5 Å². The molecule has 0 bridgehead atoms. The number of hydrogen-bond donors (Lipinski definition) is 3. The zero-order chi connectivity index (χ0) is 18.7. The molecule has 1 fully saturated rings. The number of aromatic hydroxyl groups is 2. The highest BCUT2D eigenvalue weighted by atomic mass is 32.2. The summed E-state index contributed by atoms with van der Waals surface area (Å²) in [6, 6.07) is 11.1. The third-order valence-corrected chi connectivity index (χ3v) is 4.83. The first-order chi connectivity index (χ1) is 12.4. The summed E-state index contributed by atoms with van der Waals surface area (Å²) in [6.45, 7) is 0. The van der Waals surface area contributed by atoms with Crippen LogP contribution in [0.25, 0.3) is 6.08 Å². The van der Waals surface area contributed by atoms with Gasteiger partial charge in [0.15, 0.2) is 17.3 Å². The van der Waals surface area contributed by atoms with Crippen molar-refractivity contribution < 1.29 is 24.6 Å². The maximum Gasteiger partial charge on any atom is 0.286 e. The fourth-order valence-electron chi connectivity index (χ4n) is 2.46. The third-order valence-electron chi connectivity index (χ3n) is 3.85.